The number of nitrogens with zero attached hydrogens (tertiary/aromatic N) is 2. The number of H-pyrrole nitrogens is 1. The first-order chi connectivity index (χ1) is 30.2. The zero-order valence-corrected chi connectivity index (χ0v) is 40.3. The van der Waals surface area contributed by atoms with E-state index in [2.05, 4.69) is 70.1 Å². The van der Waals surface area contributed by atoms with Crippen LogP contribution in [0.15, 0.2) is 48.7 Å². The van der Waals surface area contributed by atoms with Crippen LogP contribution in [-0.2, 0) is 28.6 Å². The predicted octanol–water partition coefficient (Wildman–Crippen LogP) is 10.7. The van der Waals surface area contributed by atoms with Gasteiger partial charge >= 0.3 is 11.9 Å². The van der Waals surface area contributed by atoms with Crippen LogP contribution in [0.4, 0.5) is 0 Å². The summed E-state index contributed by atoms with van der Waals surface area (Å²) in [5, 5.41) is 9.74. The first-order valence-electron chi connectivity index (χ1n) is 24.8. The highest BCUT2D eigenvalue weighted by Crippen LogP contribution is 2.78. The number of hydrogen-bond acceptors (Lipinski definition) is 7. The second kappa shape index (κ2) is 16.1. The van der Waals surface area contributed by atoms with Crippen molar-refractivity contribution in [1.82, 2.24) is 14.9 Å². The second-order valence-corrected chi connectivity index (χ2v) is 23.9. The minimum absolute atomic E-state index is 0.0577. The fraction of sp³-hybridized carbons (Fsp3) is 0.741. The lowest BCUT2D eigenvalue weighted by atomic mass is 9.32. The molecular formula is C54H77N3O7. The van der Waals surface area contributed by atoms with Crippen molar-refractivity contribution in [3.63, 3.8) is 0 Å². The number of ether oxygens (including phenoxy) is 3. The van der Waals surface area contributed by atoms with Gasteiger partial charge in [0.05, 0.1) is 54.5 Å². The number of likely N-dealkylation sites (tertiary alicyclic amines) is 1. The number of aromatic nitrogens is 2. The number of carboxylic acids is 1. The molecule has 1 saturated heterocycles. The van der Waals surface area contributed by atoms with E-state index in [1.165, 1.54) is 5.57 Å². The van der Waals surface area contributed by atoms with Gasteiger partial charge in [-0.3, -0.25) is 14.4 Å². The van der Waals surface area contributed by atoms with Crippen LogP contribution < -0.4 is 0 Å². The fourth-order valence-corrected chi connectivity index (χ4v) is 16.9. The van der Waals surface area contributed by atoms with Gasteiger partial charge in [0.2, 0.25) is 5.91 Å². The van der Waals surface area contributed by atoms with Crippen LogP contribution in [0, 0.1) is 73.9 Å². The topological polar surface area (TPSA) is 131 Å². The van der Waals surface area contributed by atoms with Crippen LogP contribution >= 0.6 is 0 Å². The summed E-state index contributed by atoms with van der Waals surface area (Å²) in [6.07, 6.45) is 12.9. The van der Waals surface area contributed by atoms with E-state index in [1.54, 1.807) is 7.11 Å². The summed E-state index contributed by atoms with van der Waals surface area (Å²) in [5.41, 5.74) is 2.23. The van der Waals surface area contributed by atoms with Gasteiger partial charge in [0, 0.05) is 25.5 Å². The van der Waals surface area contributed by atoms with Gasteiger partial charge in [0.1, 0.15) is 11.9 Å². The molecule has 10 heteroatoms. The smallest absolute Gasteiger partial charge is 0.309 e. The number of carbonyl (C=O) groups is 3. The Balaban J connectivity index is 0.983. The van der Waals surface area contributed by atoms with Gasteiger partial charge in [-0.1, -0.05) is 91.0 Å². The molecule has 2 heterocycles. The number of nitrogens with one attached hydrogen (secondary N) is 1. The van der Waals surface area contributed by atoms with E-state index in [0.29, 0.717) is 62.2 Å². The van der Waals surface area contributed by atoms with E-state index in [9.17, 15) is 14.7 Å². The largest absolute Gasteiger partial charge is 0.481 e. The van der Waals surface area contributed by atoms with Crippen LogP contribution in [0.25, 0.3) is 11.3 Å². The number of benzene rings is 1. The summed E-state index contributed by atoms with van der Waals surface area (Å²) in [6.45, 7) is 24.8. The van der Waals surface area contributed by atoms with E-state index in [-0.39, 0.29) is 57.7 Å². The molecule has 64 heavy (non-hydrogen) atoms. The molecule has 1 aliphatic heterocycles. The van der Waals surface area contributed by atoms with Crippen molar-refractivity contribution in [2.24, 2.45) is 73.9 Å². The fourth-order valence-electron chi connectivity index (χ4n) is 16.9. The number of rotatable bonds is 11. The van der Waals surface area contributed by atoms with Crippen molar-refractivity contribution < 1.29 is 33.7 Å². The number of amides is 1. The first-order valence-corrected chi connectivity index (χ1v) is 24.8. The predicted molar refractivity (Wildman–Crippen MR) is 247 cm³/mol. The highest BCUT2D eigenvalue weighted by molar-refractivity contribution is 5.85. The number of carbonyl (C=O) groups excluding carboxylic acids is 2. The van der Waals surface area contributed by atoms with Crippen molar-refractivity contribution in [3.8, 4) is 11.3 Å². The Morgan fingerprint density at radius 3 is 2.28 bits per heavy atom. The highest BCUT2D eigenvalue weighted by Gasteiger charge is 2.73. The normalized spacial score (nSPS) is 41.7. The van der Waals surface area contributed by atoms with Crippen molar-refractivity contribution in [1.29, 1.82) is 0 Å². The summed E-state index contributed by atoms with van der Waals surface area (Å²) in [7, 11) is 1.70. The molecule has 0 bridgehead atoms. The Bertz CT molecular complexity index is 2130. The molecule has 1 amide bonds. The number of fused-ring (bicyclic) bond motifs is 7. The van der Waals surface area contributed by atoms with Crippen LogP contribution in [-0.4, -0.2) is 76.9 Å². The van der Waals surface area contributed by atoms with Gasteiger partial charge in [-0.05, 0) is 134 Å². The van der Waals surface area contributed by atoms with Crippen LogP contribution in [0.1, 0.15) is 144 Å². The number of allylic oxidation sites excluding steroid dienone is 1. The van der Waals surface area contributed by atoms with Crippen molar-refractivity contribution in [2.45, 2.75) is 151 Å². The lowest BCUT2D eigenvalue weighted by Gasteiger charge is -2.73. The molecule has 1 aromatic heterocycles. The molecule has 1 aromatic carbocycles. The number of hydrogen-bond donors (Lipinski definition) is 2. The van der Waals surface area contributed by atoms with Crippen LogP contribution in [0.2, 0.25) is 0 Å². The monoisotopic (exact) mass is 880 g/mol. The second-order valence-electron chi connectivity index (χ2n) is 23.9. The van der Waals surface area contributed by atoms with Gasteiger partial charge in [0.15, 0.2) is 0 Å². The zero-order valence-electron chi connectivity index (χ0n) is 40.3. The molecule has 0 radical (unpaired) electrons. The molecule has 10 nitrogen and oxygen atoms in total. The lowest BCUT2D eigenvalue weighted by molar-refractivity contribution is -0.251. The van der Waals surface area contributed by atoms with Gasteiger partial charge < -0.3 is 29.2 Å². The molecule has 6 saturated carbocycles. The maximum atomic E-state index is 15.9. The van der Waals surface area contributed by atoms with Crippen LogP contribution in [0.5, 0.6) is 0 Å². The molecule has 14 atom stereocenters. The van der Waals surface area contributed by atoms with E-state index < -0.39 is 22.7 Å². The maximum Gasteiger partial charge on any atom is 0.309 e. The molecule has 1 unspecified atom stereocenters. The van der Waals surface area contributed by atoms with E-state index in [1.807, 2.05) is 38.2 Å². The van der Waals surface area contributed by atoms with Crippen molar-refractivity contribution in [3.05, 3.63) is 54.5 Å². The molecule has 9 rings (SSSR count). The molecule has 7 fully saturated rings. The van der Waals surface area contributed by atoms with E-state index >= 15 is 4.79 Å². The number of aromatic amines is 1. The van der Waals surface area contributed by atoms with Gasteiger partial charge in [0.25, 0.3) is 0 Å². The molecule has 6 aliphatic carbocycles. The molecule has 0 spiro atoms. The average Bonchev–Trinajstić information content (AvgIpc) is 4.00. The van der Waals surface area contributed by atoms with Gasteiger partial charge in [-0.2, -0.15) is 0 Å². The number of esters is 1. The Labute approximate surface area is 382 Å². The SMILES string of the molecule is C=C(C)[C@@H]1CC[C@]2(C(=O)N3C[C@H](OCCOC)C[C@H]3c3ncc(-c4ccccc4)[nH]3)CC[C@]3(C)[C@H](CCC4[C@@]5(C)CC[C@H](OC(=O)[C@H]6C[C@@H](C(=O)O)C6(C)C)C(C)(C)[C@@H]5CC[C@]43C)[C@@H]12. The number of methoxy groups -OCH3 is 1. The third-order valence-corrected chi connectivity index (χ3v) is 20.7. The Morgan fingerprint density at radius 2 is 1.59 bits per heavy atom. The summed E-state index contributed by atoms with van der Waals surface area (Å²) in [5.74, 6) is 1.07. The minimum atomic E-state index is -0.824. The number of imidazole rings is 1. The quantitative estimate of drug-likeness (QED) is 0.130. The Hall–Kier alpha value is -3.50. The van der Waals surface area contributed by atoms with Crippen molar-refractivity contribution >= 4 is 17.8 Å². The molecule has 2 aromatic rings. The summed E-state index contributed by atoms with van der Waals surface area (Å²) < 4.78 is 18.3. The highest BCUT2D eigenvalue weighted by atomic mass is 16.5. The maximum absolute atomic E-state index is 15.9. The molecular weight excluding hydrogens is 803 g/mol. The first kappa shape index (κ1) is 45.6. The summed E-state index contributed by atoms with van der Waals surface area (Å²) >= 11 is 0. The lowest BCUT2D eigenvalue weighted by Crippen LogP contribution is -2.67. The van der Waals surface area contributed by atoms with Gasteiger partial charge in [-0.25, -0.2) is 4.98 Å². The van der Waals surface area contributed by atoms with Gasteiger partial charge in [-0.15, -0.1) is 0 Å². The number of aliphatic carboxylic acids is 1. The average molecular weight is 880 g/mol. The molecule has 350 valence electrons. The summed E-state index contributed by atoms with van der Waals surface area (Å²) in [6, 6.07) is 10.1. The third-order valence-electron chi connectivity index (χ3n) is 20.7. The van der Waals surface area contributed by atoms with Crippen molar-refractivity contribution in [2.75, 3.05) is 26.9 Å². The minimum Gasteiger partial charge on any atom is -0.481 e. The standard InChI is InChI=1S/C54H77N3O7/c1-32(2)35-18-23-54(48(61)57-31-34(63-27-26-62-10)28-40(57)45-55-30-39(56-45)33-14-12-11-13-15-33)25-24-52(8)36(44(35)54)16-17-42-51(7)21-20-43(50(5,6)41(51)19-22-53(42,52)9)64-47(60)38-29-37(46(58)59)49(38,3)4/h11-15,30,34-38,40-44H,1,16-29,31H2,2-10H3,(H,55,56)(H,58,59)/t34-,35+,36-,37+,38-,40+,41+,42?,43+,44-,51+,52-,53-,54+/m1/s1. The molecule has 7 aliphatic rings. The van der Waals surface area contributed by atoms with E-state index in [0.717, 1.165) is 81.3 Å². The zero-order chi connectivity index (χ0) is 45.8. The third kappa shape index (κ3) is 6.73. The Kier molecular flexibility index (Phi) is 11.5. The van der Waals surface area contributed by atoms with E-state index in [4.69, 9.17) is 19.2 Å². The summed E-state index contributed by atoms with van der Waals surface area (Å²) in [4.78, 5) is 52.3. The van der Waals surface area contributed by atoms with Crippen LogP contribution in [0.3, 0.4) is 0 Å². The Morgan fingerprint density at radius 1 is 0.844 bits per heavy atom. The number of carboxylic acid groups (broad SMARTS) is 1. The molecule has 2 N–H and O–H groups in total.